The van der Waals surface area contributed by atoms with Crippen molar-refractivity contribution in [1.29, 1.82) is 0 Å². The van der Waals surface area contributed by atoms with E-state index in [4.69, 9.17) is 0 Å². The zero-order valence-corrected chi connectivity index (χ0v) is 11.7. The summed E-state index contributed by atoms with van der Waals surface area (Å²) in [4.78, 5) is 17.8. The Bertz CT molecular complexity index is 617. The summed E-state index contributed by atoms with van der Waals surface area (Å²) in [6, 6.07) is 0. The quantitative estimate of drug-likeness (QED) is 0.698. The molecule has 0 unspecified atom stereocenters. The van der Waals surface area contributed by atoms with E-state index in [0.29, 0.717) is 16.5 Å². The van der Waals surface area contributed by atoms with Gasteiger partial charge in [-0.1, -0.05) is 6.58 Å². The molecule has 1 aliphatic heterocycles. The molecule has 6 nitrogen and oxygen atoms in total. The van der Waals surface area contributed by atoms with Crippen molar-refractivity contribution >= 4 is 57.5 Å². The first-order chi connectivity index (χ1) is 7.66. The number of aromatic amines is 1. The highest BCUT2D eigenvalue weighted by Crippen LogP contribution is 2.61. The van der Waals surface area contributed by atoms with Crippen LogP contribution < -0.4 is 21.7 Å². The number of hydrazine groups is 1. The molecule has 0 radical (unpaired) electrons. The van der Waals surface area contributed by atoms with Crippen molar-refractivity contribution in [3.63, 3.8) is 0 Å². The standard InChI is InChI=1S/C7H8N4O.Cl3OP/c1-4-8-6-5(7(12)9-4)3-11(2)10-6;1-5(2,3)4/h3H,1H2,2H3,(H,8,10)(H,9,12);. The molecule has 10 heteroatoms. The molecule has 2 heterocycles. The van der Waals surface area contributed by atoms with Crippen LogP contribution in [0.2, 0.25) is 0 Å². The predicted molar refractivity (Wildman–Crippen MR) is 70.6 cm³/mol. The van der Waals surface area contributed by atoms with E-state index in [1.165, 1.54) is 0 Å². The van der Waals surface area contributed by atoms with Crippen molar-refractivity contribution in [1.82, 2.24) is 15.0 Å². The molecule has 0 atom stereocenters. The maximum atomic E-state index is 11.2. The zero-order chi connectivity index (χ0) is 13.2. The Kier molecular flexibility index (Phi) is 4.49. The van der Waals surface area contributed by atoms with E-state index in [1.54, 1.807) is 18.3 Å². The van der Waals surface area contributed by atoms with Gasteiger partial charge >= 0.3 is 5.20 Å². The predicted octanol–water partition coefficient (Wildman–Crippen LogP) is 1.00. The highest BCUT2D eigenvalue weighted by Gasteiger charge is 2.09. The Balaban J connectivity index is 0.000000249. The minimum atomic E-state index is -3.22. The Labute approximate surface area is 111 Å². The number of halogens is 3. The summed E-state index contributed by atoms with van der Waals surface area (Å²) >= 11 is 13.8. The lowest BCUT2D eigenvalue weighted by Crippen LogP contribution is -2.35. The van der Waals surface area contributed by atoms with Crippen LogP contribution >= 0.6 is 38.9 Å². The topological polar surface area (TPSA) is 78.1 Å². The lowest BCUT2D eigenvalue weighted by molar-refractivity contribution is 0.600. The average Bonchev–Trinajstić information content (AvgIpc) is 2.42. The highest BCUT2D eigenvalue weighted by molar-refractivity contribution is 8.24. The monoisotopic (exact) mass is 316 g/mol. The number of H-pyrrole nitrogens is 1. The van der Waals surface area contributed by atoms with Crippen LogP contribution in [-0.2, 0) is 4.57 Å². The summed E-state index contributed by atoms with van der Waals surface area (Å²) in [5.74, 6) is 0.561. The Morgan fingerprint density at radius 2 is 2.00 bits per heavy atom. The van der Waals surface area contributed by atoms with E-state index in [2.05, 4.69) is 55.7 Å². The fraction of sp³-hybridized carbons (Fsp3) is 0.143. The lowest BCUT2D eigenvalue weighted by Gasteiger charge is -2.07. The van der Waals surface area contributed by atoms with Gasteiger partial charge in [0.15, 0.2) is 5.82 Å². The van der Waals surface area contributed by atoms with Crippen LogP contribution in [0.4, 0.5) is 5.82 Å². The molecular weight excluding hydrogens is 309 g/mol. The minimum Gasteiger partial charge on any atom is -0.307 e. The summed E-state index contributed by atoms with van der Waals surface area (Å²) in [6.45, 7) is 3.54. The largest absolute Gasteiger partial charge is 0.339 e. The average molecular weight is 318 g/mol. The Morgan fingerprint density at radius 3 is 2.53 bits per heavy atom. The smallest absolute Gasteiger partial charge is 0.307 e. The van der Waals surface area contributed by atoms with E-state index >= 15 is 0 Å². The summed E-state index contributed by atoms with van der Waals surface area (Å²) in [7, 11) is 1.80. The van der Waals surface area contributed by atoms with Crippen molar-refractivity contribution in [2.45, 2.75) is 0 Å². The maximum absolute atomic E-state index is 11.2. The van der Waals surface area contributed by atoms with Crippen LogP contribution in [0.3, 0.4) is 0 Å². The first-order valence-corrected chi connectivity index (χ1v) is 8.58. The van der Waals surface area contributed by atoms with Crippen LogP contribution in [0.25, 0.3) is 12.8 Å². The van der Waals surface area contributed by atoms with Gasteiger partial charge in [0.05, 0.1) is 0 Å². The second-order valence-corrected chi connectivity index (χ2v) is 9.66. The summed E-state index contributed by atoms with van der Waals surface area (Å²) in [6.07, 6.45) is 1.68. The lowest BCUT2D eigenvalue weighted by atomic mass is 10.5. The maximum Gasteiger partial charge on any atom is 0.339 e. The molecular formula is C7H8Cl3N4O2P. The first kappa shape index (κ1) is 14.4. The molecule has 17 heavy (non-hydrogen) atoms. The molecule has 0 saturated heterocycles. The molecule has 0 aromatic carbocycles. The van der Waals surface area contributed by atoms with Gasteiger partial charge in [-0.3, -0.25) is 19.8 Å². The number of fused-ring (bicyclic) bond motifs is 1. The van der Waals surface area contributed by atoms with E-state index < -0.39 is 5.20 Å². The fourth-order valence-corrected chi connectivity index (χ4v) is 1.13. The van der Waals surface area contributed by atoms with Gasteiger partial charge in [-0.2, -0.15) is 0 Å². The number of nitrogens with zero attached hydrogens (tertiary/aromatic N) is 2. The number of hydrogen-bond donors (Lipinski definition) is 2. The fourth-order valence-electron chi connectivity index (χ4n) is 1.13. The number of anilines is 1. The van der Waals surface area contributed by atoms with Crippen LogP contribution in [0.15, 0.2) is 4.79 Å². The third kappa shape index (κ3) is 5.00. The second-order valence-electron chi connectivity index (χ2n) is 3.03. The van der Waals surface area contributed by atoms with E-state index in [-0.39, 0.29) is 5.56 Å². The van der Waals surface area contributed by atoms with Gasteiger partial charge in [0.25, 0.3) is 5.56 Å². The molecule has 0 fully saturated rings. The normalized spacial score (nSPS) is 13.1. The van der Waals surface area contributed by atoms with Gasteiger partial charge in [0.2, 0.25) is 0 Å². The van der Waals surface area contributed by atoms with Crippen molar-refractivity contribution in [3.8, 4) is 0 Å². The molecule has 1 aliphatic rings. The van der Waals surface area contributed by atoms with Gasteiger partial charge in [0.1, 0.15) is 10.7 Å². The van der Waals surface area contributed by atoms with Crippen LogP contribution in [0.5, 0.6) is 0 Å². The van der Waals surface area contributed by atoms with Crippen molar-refractivity contribution in [2.75, 3.05) is 12.5 Å². The third-order valence-corrected chi connectivity index (χ3v) is 1.61. The van der Waals surface area contributed by atoms with Crippen molar-refractivity contribution in [3.05, 3.63) is 21.1 Å². The number of nitrogens with one attached hydrogen (secondary N) is 2. The third-order valence-electron chi connectivity index (χ3n) is 1.61. The van der Waals surface area contributed by atoms with Crippen molar-refractivity contribution in [2.24, 2.45) is 0 Å². The molecule has 2 rings (SSSR count). The first-order valence-electron chi connectivity index (χ1n) is 4.16. The van der Waals surface area contributed by atoms with Crippen molar-refractivity contribution < 1.29 is 4.57 Å². The molecule has 0 bridgehead atoms. The molecule has 94 valence electrons. The summed E-state index contributed by atoms with van der Waals surface area (Å²) in [5, 5.41) is -1.00. The van der Waals surface area contributed by atoms with Crippen LogP contribution in [0.1, 0.15) is 0 Å². The molecule has 0 saturated carbocycles. The van der Waals surface area contributed by atoms with Gasteiger partial charge in [-0.15, -0.1) is 0 Å². The number of hydrogen-bond acceptors (Lipinski definition) is 5. The number of aromatic nitrogens is 2. The van der Waals surface area contributed by atoms with Crippen LogP contribution in [-0.4, -0.2) is 22.0 Å². The molecule has 0 aliphatic carbocycles. The zero-order valence-electron chi connectivity index (χ0n) is 8.58. The molecule has 1 aromatic heterocycles. The second kappa shape index (κ2) is 5.31. The summed E-state index contributed by atoms with van der Waals surface area (Å²) < 4.78 is 9.51. The number of rotatable bonds is 0. The Morgan fingerprint density at radius 1 is 1.47 bits per heavy atom. The Hall–Kier alpha value is -0.680. The molecule has 0 amide bonds. The van der Waals surface area contributed by atoms with Gasteiger partial charge in [-0.05, 0) is 33.7 Å². The molecule has 0 spiro atoms. The van der Waals surface area contributed by atoms with Crippen LogP contribution in [0, 0.1) is 0 Å². The van der Waals surface area contributed by atoms with Gasteiger partial charge in [0, 0.05) is 13.2 Å². The minimum absolute atomic E-state index is 0.165. The van der Waals surface area contributed by atoms with Gasteiger partial charge < -0.3 is 4.98 Å². The molecule has 2 N–H and O–H groups in total. The highest BCUT2D eigenvalue weighted by atomic mass is 36.0. The SMILES string of the molecule is C=c1nc2c(c(=O)[nH]1)=CN(C)N2.O=P(Cl)(Cl)Cl. The summed E-state index contributed by atoms with van der Waals surface area (Å²) in [5.41, 5.74) is 3.09. The van der Waals surface area contributed by atoms with E-state index in [0.717, 1.165) is 0 Å². The van der Waals surface area contributed by atoms with E-state index in [9.17, 15) is 9.36 Å². The molecule has 1 aromatic rings. The van der Waals surface area contributed by atoms with Gasteiger partial charge in [-0.25, -0.2) is 4.98 Å². The van der Waals surface area contributed by atoms with E-state index in [1.807, 2.05) is 0 Å².